The first-order valence-corrected chi connectivity index (χ1v) is 11.4. The van der Waals surface area contributed by atoms with Crippen molar-refractivity contribution in [3.8, 4) is 0 Å². The minimum atomic E-state index is -3.46. The van der Waals surface area contributed by atoms with Crippen molar-refractivity contribution < 1.29 is 13.2 Å². The Kier molecular flexibility index (Phi) is 5.93. The predicted molar refractivity (Wildman–Crippen MR) is 111 cm³/mol. The van der Waals surface area contributed by atoms with Crippen molar-refractivity contribution in [1.82, 2.24) is 4.31 Å². The number of rotatable bonds is 6. The van der Waals surface area contributed by atoms with E-state index in [2.05, 4.69) is 25.1 Å². The number of thioether (sulfide) groups is 1. The van der Waals surface area contributed by atoms with E-state index < -0.39 is 10.0 Å². The summed E-state index contributed by atoms with van der Waals surface area (Å²) in [6.45, 7) is 2.66. The monoisotopic (exact) mass is 404 g/mol. The van der Waals surface area contributed by atoms with E-state index in [1.54, 1.807) is 34.9 Å². The largest absolute Gasteiger partial charge is 0.311 e. The third kappa shape index (κ3) is 4.36. The Balaban J connectivity index is 1.65. The molecule has 144 valence electrons. The zero-order valence-electron chi connectivity index (χ0n) is 15.8. The standard InChI is InChI=1S/C20H24N2O3S2/c1-15-5-4-6-16(11-15)13-26-14-20(23)22-10-9-17-12-18(7-8-19(17)22)27(24,25)21(2)3/h4-8,11-12H,9-10,13-14H2,1-3H3. The molecule has 1 aliphatic rings. The van der Waals surface area contributed by atoms with Crippen LogP contribution in [0, 0.1) is 6.92 Å². The third-order valence-corrected chi connectivity index (χ3v) is 7.40. The molecule has 27 heavy (non-hydrogen) atoms. The van der Waals surface area contributed by atoms with Gasteiger partial charge in [-0.1, -0.05) is 29.8 Å². The molecule has 2 aromatic rings. The van der Waals surface area contributed by atoms with Crippen molar-refractivity contribution in [1.29, 1.82) is 0 Å². The van der Waals surface area contributed by atoms with Crippen LogP contribution in [0.25, 0.3) is 0 Å². The van der Waals surface area contributed by atoms with Crippen molar-refractivity contribution in [3.63, 3.8) is 0 Å². The number of aryl methyl sites for hydroxylation is 1. The molecule has 0 atom stereocenters. The number of carbonyl (C=O) groups is 1. The lowest BCUT2D eigenvalue weighted by Gasteiger charge is -2.18. The molecule has 5 nitrogen and oxygen atoms in total. The van der Waals surface area contributed by atoms with Gasteiger partial charge in [0.25, 0.3) is 0 Å². The summed E-state index contributed by atoms with van der Waals surface area (Å²) in [6.07, 6.45) is 0.681. The molecule has 0 bridgehead atoms. The molecule has 0 saturated heterocycles. The van der Waals surface area contributed by atoms with Crippen molar-refractivity contribution in [3.05, 3.63) is 59.2 Å². The highest BCUT2D eigenvalue weighted by molar-refractivity contribution is 7.99. The van der Waals surface area contributed by atoms with Crippen molar-refractivity contribution >= 4 is 33.4 Å². The Bertz CT molecular complexity index is 955. The van der Waals surface area contributed by atoms with Crippen LogP contribution in [0.3, 0.4) is 0 Å². The number of amides is 1. The maximum absolute atomic E-state index is 12.6. The lowest BCUT2D eigenvalue weighted by atomic mass is 10.2. The highest BCUT2D eigenvalue weighted by Gasteiger charge is 2.27. The first-order chi connectivity index (χ1) is 12.8. The topological polar surface area (TPSA) is 57.7 Å². The van der Waals surface area contributed by atoms with Crippen molar-refractivity contribution in [2.75, 3.05) is 31.3 Å². The van der Waals surface area contributed by atoms with Crippen LogP contribution < -0.4 is 4.90 Å². The highest BCUT2D eigenvalue weighted by atomic mass is 32.2. The lowest BCUT2D eigenvalue weighted by molar-refractivity contribution is -0.116. The molecule has 1 heterocycles. The summed E-state index contributed by atoms with van der Waals surface area (Å²) in [4.78, 5) is 14.7. The van der Waals surface area contributed by atoms with Crippen LogP contribution in [-0.4, -0.2) is 45.0 Å². The molecule has 1 aliphatic heterocycles. The summed E-state index contributed by atoms with van der Waals surface area (Å²) in [6, 6.07) is 13.3. The Hall–Kier alpha value is -1.83. The van der Waals surface area contributed by atoms with Gasteiger partial charge in [0.2, 0.25) is 15.9 Å². The average molecular weight is 405 g/mol. The number of hydrogen-bond donors (Lipinski definition) is 0. The summed E-state index contributed by atoms with van der Waals surface area (Å²) in [5.74, 6) is 1.27. The number of carbonyl (C=O) groups excluding carboxylic acids is 1. The Labute approximate surface area is 165 Å². The number of nitrogens with zero attached hydrogens (tertiary/aromatic N) is 2. The molecule has 0 aliphatic carbocycles. The van der Waals surface area contributed by atoms with E-state index in [0.717, 1.165) is 17.0 Å². The predicted octanol–water partition coefficient (Wildman–Crippen LogP) is 3.07. The van der Waals surface area contributed by atoms with E-state index in [-0.39, 0.29) is 10.8 Å². The SMILES string of the molecule is Cc1cccc(CSCC(=O)N2CCc3cc(S(=O)(=O)N(C)C)ccc32)c1. The molecule has 0 N–H and O–H groups in total. The van der Waals surface area contributed by atoms with Crippen LogP contribution in [0.2, 0.25) is 0 Å². The quantitative estimate of drug-likeness (QED) is 0.742. The first kappa shape index (κ1) is 19.9. The van der Waals surface area contributed by atoms with Gasteiger partial charge in [-0.25, -0.2) is 12.7 Å². The fourth-order valence-corrected chi connectivity index (χ4v) is 4.95. The van der Waals surface area contributed by atoms with Gasteiger partial charge >= 0.3 is 0 Å². The minimum Gasteiger partial charge on any atom is -0.311 e. The second kappa shape index (κ2) is 8.04. The van der Waals surface area contributed by atoms with E-state index in [1.165, 1.54) is 29.5 Å². The van der Waals surface area contributed by atoms with Gasteiger partial charge in [-0.2, -0.15) is 0 Å². The van der Waals surface area contributed by atoms with Gasteiger partial charge in [0, 0.05) is 32.1 Å². The third-order valence-electron chi connectivity index (χ3n) is 4.60. The summed E-state index contributed by atoms with van der Waals surface area (Å²) < 4.78 is 25.8. The van der Waals surface area contributed by atoms with Gasteiger partial charge in [-0.15, -0.1) is 11.8 Å². The summed E-state index contributed by atoms with van der Waals surface area (Å²) in [5.41, 5.74) is 4.17. The second-order valence-electron chi connectivity index (χ2n) is 6.86. The van der Waals surface area contributed by atoms with Gasteiger partial charge in [0.1, 0.15) is 0 Å². The number of sulfonamides is 1. The molecule has 0 fully saturated rings. The molecule has 3 rings (SSSR count). The molecule has 7 heteroatoms. The van der Waals surface area contributed by atoms with Gasteiger partial charge in [-0.3, -0.25) is 4.79 Å². The number of benzene rings is 2. The van der Waals surface area contributed by atoms with Crippen LogP contribution >= 0.6 is 11.8 Å². The van der Waals surface area contributed by atoms with Crippen LogP contribution in [0.15, 0.2) is 47.4 Å². The van der Waals surface area contributed by atoms with Crippen LogP contribution in [0.5, 0.6) is 0 Å². The Morgan fingerprint density at radius 1 is 1.19 bits per heavy atom. The summed E-state index contributed by atoms with van der Waals surface area (Å²) in [7, 11) is -0.423. The van der Waals surface area contributed by atoms with Crippen molar-refractivity contribution in [2.45, 2.75) is 24.0 Å². The fourth-order valence-electron chi connectivity index (χ4n) is 3.14. The first-order valence-electron chi connectivity index (χ1n) is 8.78. The van der Waals surface area contributed by atoms with E-state index in [1.807, 2.05) is 6.07 Å². The Morgan fingerprint density at radius 3 is 2.67 bits per heavy atom. The van der Waals surface area contributed by atoms with Gasteiger partial charge in [0.15, 0.2) is 0 Å². The number of fused-ring (bicyclic) bond motifs is 1. The van der Waals surface area contributed by atoms with Gasteiger partial charge in [-0.05, 0) is 42.7 Å². The lowest BCUT2D eigenvalue weighted by Crippen LogP contribution is -2.30. The van der Waals surface area contributed by atoms with Crippen LogP contribution in [0.4, 0.5) is 5.69 Å². The molecule has 1 amide bonds. The van der Waals surface area contributed by atoms with Crippen LogP contribution in [0.1, 0.15) is 16.7 Å². The molecule has 0 saturated carbocycles. The minimum absolute atomic E-state index is 0.0645. The van der Waals surface area contributed by atoms with Gasteiger partial charge in [0.05, 0.1) is 10.6 Å². The molecular weight excluding hydrogens is 380 g/mol. The van der Waals surface area contributed by atoms with E-state index >= 15 is 0 Å². The van der Waals surface area contributed by atoms with Crippen LogP contribution in [-0.2, 0) is 27.0 Å². The molecule has 0 spiro atoms. The normalized spacial score (nSPS) is 13.9. The molecule has 0 radical (unpaired) electrons. The Morgan fingerprint density at radius 2 is 1.96 bits per heavy atom. The maximum Gasteiger partial charge on any atom is 0.242 e. The smallest absolute Gasteiger partial charge is 0.242 e. The number of anilines is 1. The highest BCUT2D eigenvalue weighted by Crippen LogP contribution is 2.31. The maximum atomic E-state index is 12.6. The zero-order chi connectivity index (χ0) is 19.6. The van der Waals surface area contributed by atoms with E-state index in [0.29, 0.717) is 18.7 Å². The van der Waals surface area contributed by atoms with E-state index in [9.17, 15) is 13.2 Å². The molecule has 2 aromatic carbocycles. The summed E-state index contributed by atoms with van der Waals surface area (Å²) >= 11 is 1.60. The van der Waals surface area contributed by atoms with Gasteiger partial charge < -0.3 is 4.90 Å². The summed E-state index contributed by atoms with van der Waals surface area (Å²) in [5, 5.41) is 0. The molecular formula is C20H24N2O3S2. The number of hydrogen-bond acceptors (Lipinski definition) is 4. The molecule has 0 unspecified atom stereocenters. The van der Waals surface area contributed by atoms with E-state index in [4.69, 9.17) is 0 Å². The van der Waals surface area contributed by atoms with Crippen molar-refractivity contribution in [2.24, 2.45) is 0 Å². The average Bonchev–Trinajstić information content (AvgIpc) is 3.05. The zero-order valence-corrected chi connectivity index (χ0v) is 17.4. The second-order valence-corrected chi connectivity index (χ2v) is 9.99. The fraction of sp³-hybridized carbons (Fsp3) is 0.350. The molecule has 0 aromatic heterocycles.